The standard InChI is InChI=1S/C9H10O4/c1-2-5-12-7-9(11)4-3-8(10)6-13-9/h1,3-4,11H,5-7H2. The van der Waals surface area contributed by atoms with Crippen molar-refractivity contribution in [2.24, 2.45) is 0 Å². The highest BCUT2D eigenvalue weighted by molar-refractivity contribution is 5.91. The first-order valence-electron chi connectivity index (χ1n) is 3.76. The number of hydrogen-bond donors (Lipinski definition) is 1. The lowest BCUT2D eigenvalue weighted by Gasteiger charge is -2.26. The molecule has 1 unspecified atom stereocenters. The molecule has 1 aliphatic heterocycles. The summed E-state index contributed by atoms with van der Waals surface area (Å²) >= 11 is 0. The maximum atomic E-state index is 10.7. The van der Waals surface area contributed by atoms with Crippen molar-refractivity contribution in [3.8, 4) is 12.3 Å². The number of rotatable bonds is 3. The van der Waals surface area contributed by atoms with Crippen LogP contribution in [-0.4, -0.2) is 36.5 Å². The number of terminal acetylenes is 1. The fourth-order valence-electron chi connectivity index (χ4n) is 0.861. The van der Waals surface area contributed by atoms with Gasteiger partial charge in [-0.3, -0.25) is 4.79 Å². The molecule has 13 heavy (non-hydrogen) atoms. The molecule has 4 nitrogen and oxygen atoms in total. The second kappa shape index (κ2) is 4.19. The summed E-state index contributed by atoms with van der Waals surface area (Å²) in [6.07, 6.45) is 7.47. The van der Waals surface area contributed by atoms with E-state index in [9.17, 15) is 9.90 Å². The monoisotopic (exact) mass is 182 g/mol. The van der Waals surface area contributed by atoms with Crippen molar-refractivity contribution in [2.75, 3.05) is 19.8 Å². The molecule has 4 heteroatoms. The van der Waals surface area contributed by atoms with Crippen LogP contribution in [0.1, 0.15) is 0 Å². The van der Waals surface area contributed by atoms with Gasteiger partial charge in [0.2, 0.25) is 5.79 Å². The Morgan fingerprint density at radius 3 is 3.15 bits per heavy atom. The molecule has 0 amide bonds. The van der Waals surface area contributed by atoms with Crippen LogP contribution in [0.3, 0.4) is 0 Å². The SMILES string of the molecule is C#CCOCC1(O)C=CC(=O)CO1. The van der Waals surface area contributed by atoms with Gasteiger partial charge < -0.3 is 14.6 Å². The smallest absolute Gasteiger partial charge is 0.210 e. The number of ether oxygens (including phenoxy) is 2. The predicted molar refractivity (Wildman–Crippen MR) is 44.7 cm³/mol. The van der Waals surface area contributed by atoms with Crippen LogP contribution in [0.5, 0.6) is 0 Å². The number of carbonyl (C=O) groups is 1. The van der Waals surface area contributed by atoms with Gasteiger partial charge in [-0.1, -0.05) is 5.92 Å². The highest BCUT2D eigenvalue weighted by atomic mass is 16.6. The Kier molecular flexibility index (Phi) is 3.20. The van der Waals surface area contributed by atoms with Crippen LogP contribution < -0.4 is 0 Å². The number of carbonyl (C=O) groups excluding carboxylic acids is 1. The predicted octanol–water partition coefficient (Wildman–Crippen LogP) is -0.520. The second-order valence-electron chi connectivity index (χ2n) is 2.63. The van der Waals surface area contributed by atoms with Crippen LogP contribution in [-0.2, 0) is 14.3 Å². The van der Waals surface area contributed by atoms with Crippen molar-refractivity contribution < 1.29 is 19.4 Å². The van der Waals surface area contributed by atoms with Gasteiger partial charge in [0.15, 0.2) is 5.78 Å². The summed E-state index contributed by atoms with van der Waals surface area (Å²) in [5.41, 5.74) is 0. The van der Waals surface area contributed by atoms with Crippen molar-refractivity contribution in [1.29, 1.82) is 0 Å². The van der Waals surface area contributed by atoms with E-state index < -0.39 is 5.79 Å². The molecule has 0 aromatic rings. The minimum absolute atomic E-state index is 0.0685. The highest BCUT2D eigenvalue weighted by Gasteiger charge is 2.28. The van der Waals surface area contributed by atoms with Gasteiger partial charge in [-0.2, -0.15) is 0 Å². The van der Waals surface area contributed by atoms with E-state index in [1.54, 1.807) is 0 Å². The van der Waals surface area contributed by atoms with Crippen LogP contribution in [0.4, 0.5) is 0 Å². The molecule has 1 N–H and O–H groups in total. The molecule has 0 aliphatic carbocycles. The van der Waals surface area contributed by atoms with Crippen molar-refractivity contribution in [3.05, 3.63) is 12.2 Å². The molecule has 1 aliphatic rings. The first-order valence-corrected chi connectivity index (χ1v) is 3.76. The molecule has 0 spiro atoms. The van der Waals surface area contributed by atoms with Gasteiger partial charge in [-0.05, 0) is 12.2 Å². The summed E-state index contributed by atoms with van der Waals surface area (Å²) in [5, 5.41) is 9.56. The molecular weight excluding hydrogens is 172 g/mol. The first-order chi connectivity index (χ1) is 6.16. The molecule has 1 atom stereocenters. The van der Waals surface area contributed by atoms with Gasteiger partial charge in [-0.15, -0.1) is 6.42 Å². The number of aliphatic hydroxyl groups is 1. The molecule has 0 radical (unpaired) electrons. The molecule has 1 heterocycles. The lowest BCUT2D eigenvalue weighted by molar-refractivity contribution is -0.200. The number of hydrogen-bond acceptors (Lipinski definition) is 4. The Hall–Kier alpha value is -1.15. The number of ketones is 1. The summed E-state index contributed by atoms with van der Waals surface area (Å²) in [5.74, 6) is 0.565. The molecule has 1 rings (SSSR count). The van der Waals surface area contributed by atoms with Gasteiger partial charge in [-0.25, -0.2) is 0 Å². The molecule has 0 fully saturated rings. The van der Waals surface area contributed by atoms with Crippen molar-refractivity contribution in [2.45, 2.75) is 5.79 Å². The lowest BCUT2D eigenvalue weighted by Crippen LogP contribution is -2.40. The molecule has 0 bridgehead atoms. The third kappa shape index (κ3) is 2.99. The zero-order valence-corrected chi connectivity index (χ0v) is 7.03. The van der Waals surface area contributed by atoms with E-state index >= 15 is 0 Å². The minimum atomic E-state index is -1.51. The molecular formula is C9H10O4. The van der Waals surface area contributed by atoms with E-state index in [0.717, 1.165) is 0 Å². The summed E-state index contributed by atoms with van der Waals surface area (Å²) in [7, 11) is 0. The zero-order valence-electron chi connectivity index (χ0n) is 7.03. The van der Waals surface area contributed by atoms with Crippen molar-refractivity contribution >= 4 is 5.78 Å². The average molecular weight is 182 g/mol. The minimum Gasteiger partial charge on any atom is -0.363 e. The van der Waals surface area contributed by atoms with Crippen LogP contribution in [0, 0.1) is 12.3 Å². The van der Waals surface area contributed by atoms with E-state index in [4.69, 9.17) is 15.9 Å². The Labute approximate surface area is 76.1 Å². The summed E-state index contributed by atoms with van der Waals surface area (Å²) in [4.78, 5) is 10.7. The molecule has 0 saturated carbocycles. The van der Waals surface area contributed by atoms with Crippen molar-refractivity contribution in [3.63, 3.8) is 0 Å². The average Bonchev–Trinajstić information content (AvgIpc) is 2.12. The topological polar surface area (TPSA) is 55.8 Å². The fraction of sp³-hybridized carbons (Fsp3) is 0.444. The molecule has 70 valence electrons. The zero-order chi connectivity index (χ0) is 9.73. The Morgan fingerprint density at radius 1 is 1.85 bits per heavy atom. The van der Waals surface area contributed by atoms with E-state index in [0.29, 0.717) is 0 Å². The van der Waals surface area contributed by atoms with E-state index in [1.807, 2.05) is 0 Å². The lowest BCUT2D eigenvalue weighted by atomic mass is 10.2. The summed E-state index contributed by atoms with van der Waals surface area (Å²) < 4.78 is 9.74. The Bertz CT molecular complexity index is 263. The normalized spacial score (nSPS) is 27.2. The summed E-state index contributed by atoms with van der Waals surface area (Å²) in [6.45, 7) is -0.0964. The first kappa shape index (κ1) is 9.93. The Morgan fingerprint density at radius 2 is 2.62 bits per heavy atom. The maximum absolute atomic E-state index is 10.7. The molecule has 0 aromatic carbocycles. The van der Waals surface area contributed by atoms with E-state index in [1.165, 1.54) is 12.2 Å². The van der Waals surface area contributed by atoms with Gasteiger partial charge in [0.1, 0.15) is 19.8 Å². The van der Waals surface area contributed by atoms with Gasteiger partial charge in [0.25, 0.3) is 0 Å². The highest BCUT2D eigenvalue weighted by Crippen LogP contribution is 2.13. The van der Waals surface area contributed by atoms with Crippen LogP contribution >= 0.6 is 0 Å². The largest absolute Gasteiger partial charge is 0.363 e. The van der Waals surface area contributed by atoms with E-state index in [-0.39, 0.29) is 25.6 Å². The van der Waals surface area contributed by atoms with Gasteiger partial charge in [0.05, 0.1) is 0 Å². The van der Waals surface area contributed by atoms with Crippen LogP contribution in [0.2, 0.25) is 0 Å². The van der Waals surface area contributed by atoms with Gasteiger partial charge in [0, 0.05) is 0 Å². The molecule has 0 aromatic heterocycles. The maximum Gasteiger partial charge on any atom is 0.210 e. The third-order valence-electron chi connectivity index (χ3n) is 1.49. The summed E-state index contributed by atoms with van der Waals surface area (Å²) in [6, 6.07) is 0. The second-order valence-corrected chi connectivity index (χ2v) is 2.63. The van der Waals surface area contributed by atoms with Crippen LogP contribution in [0.15, 0.2) is 12.2 Å². The van der Waals surface area contributed by atoms with Gasteiger partial charge >= 0.3 is 0 Å². The third-order valence-corrected chi connectivity index (χ3v) is 1.49. The van der Waals surface area contributed by atoms with Crippen LogP contribution in [0.25, 0.3) is 0 Å². The Balaban J connectivity index is 2.43. The molecule has 0 saturated heterocycles. The van der Waals surface area contributed by atoms with Crippen molar-refractivity contribution in [1.82, 2.24) is 0 Å². The quantitative estimate of drug-likeness (QED) is 0.471. The fourth-order valence-corrected chi connectivity index (χ4v) is 0.861. The van der Waals surface area contributed by atoms with E-state index in [2.05, 4.69) is 5.92 Å².